The van der Waals surface area contributed by atoms with E-state index in [0.717, 1.165) is 11.3 Å². The van der Waals surface area contributed by atoms with E-state index >= 15 is 0 Å². The van der Waals surface area contributed by atoms with Gasteiger partial charge in [0.25, 0.3) is 0 Å². The van der Waals surface area contributed by atoms with Gasteiger partial charge in [0.2, 0.25) is 0 Å². The van der Waals surface area contributed by atoms with E-state index in [1.54, 1.807) is 26.5 Å². The van der Waals surface area contributed by atoms with E-state index in [2.05, 4.69) is 10.3 Å². The van der Waals surface area contributed by atoms with Crippen LogP contribution >= 0.6 is 0 Å². The monoisotopic (exact) mass is 273 g/mol. The van der Waals surface area contributed by atoms with Crippen LogP contribution in [0.4, 0.5) is 11.4 Å². The molecule has 0 radical (unpaired) electrons. The minimum Gasteiger partial charge on any atom is -0.493 e. The van der Waals surface area contributed by atoms with Crippen LogP contribution in [0.1, 0.15) is 11.1 Å². The maximum atomic E-state index is 6.01. The lowest BCUT2D eigenvalue weighted by atomic mass is 10.1. The molecule has 1 aromatic heterocycles. The number of hydrogen-bond donors (Lipinski definition) is 2. The van der Waals surface area contributed by atoms with Crippen LogP contribution in [0.5, 0.6) is 11.5 Å². The Morgan fingerprint density at radius 3 is 2.55 bits per heavy atom. The molecule has 0 saturated carbocycles. The molecule has 1 aromatic carbocycles. The van der Waals surface area contributed by atoms with Crippen molar-refractivity contribution < 1.29 is 9.47 Å². The minimum atomic E-state index is 0.620. The summed E-state index contributed by atoms with van der Waals surface area (Å²) >= 11 is 0. The Labute approximate surface area is 118 Å². The zero-order valence-electron chi connectivity index (χ0n) is 11.9. The van der Waals surface area contributed by atoms with Gasteiger partial charge in [0.1, 0.15) is 0 Å². The fraction of sp³-hybridized carbons (Fsp3) is 0.267. The molecule has 0 aliphatic carbocycles. The summed E-state index contributed by atoms with van der Waals surface area (Å²) in [5.41, 5.74) is 9.76. The molecule has 20 heavy (non-hydrogen) atoms. The molecule has 0 aliphatic heterocycles. The summed E-state index contributed by atoms with van der Waals surface area (Å²) in [5.74, 6) is 1.27. The van der Waals surface area contributed by atoms with E-state index in [1.165, 1.54) is 5.56 Å². The third kappa shape index (κ3) is 2.93. The van der Waals surface area contributed by atoms with Gasteiger partial charge >= 0.3 is 0 Å². The number of ether oxygens (including phenoxy) is 2. The topological polar surface area (TPSA) is 69.4 Å². The molecule has 0 fully saturated rings. The van der Waals surface area contributed by atoms with Gasteiger partial charge in [-0.1, -0.05) is 0 Å². The Morgan fingerprint density at radius 2 is 1.90 bits per heavy atom. The van der Waals surface area contributed by atoms with Gasteiger partial charge in [0, 0.05) is 31.1 Å². The van der Waals surface area contributed by atoms with E-state index in [4.69, 9.17) is 15.2 Å². The molecule has 0 amide bonds. The lowest BCUT2D eigenvalue weighted by Gasteiger charge is -2.14. The van der Waals surface area contributed by atoms with Crippen molar-refractivity contribution in [3.63, 3.8) is 0 Å². The van der Waals surface area contributed by atoms with Gasteiger partial charge in [-0.3, -0.25) is 4.98 Å². The van der Waals surface area contributed by atoms with Gasteiger partial charge in [0.15, 0.2) is 11.5 Å². The van der Waals surface area contributed by atoms with Gasteiger partial charge in [-0.05, 0) is 24.1 Å². The Balaban J connectivity index is 2.19. The highest BCUT2D eigenvalue weighted by molar-refractivity contribution is 5.72. The van der Waals surface area contributed by atoms with E-state index in [0.29, 0.717) is 23.7 Å². The average Bonchev–Trinajstić information content (AvgIpc) is 2.47. The summed E-state index contributed by atoms with van der Waals surface area (Å²) in [5, 5.41) is 3.31. The normalized spacial score (nSPS) is 10.2. The van der Waals surface area contributed by atoms with Crippen molar-refractivity contribution >= 4 is 11.4 Å². The summed E-state index contributed by atoms with van der Waals surface area (Å²) in [4.78, 5) is 4.08. The third-order valence-corrected chi connectivity index (χ3v) is 3.16. The first kappa shape index (κ1) is 14.0. The number of nitrogens with one attached hydrogen (secondary N) is 1. The molecule has 0 aliphatic rings. The molecule has 0 bridgehead atoms. The van der Waals surface area contributed by atoms with E-state index in [9.17, 15) is 0 Å². The second-order valence-corrected chi connectivity index (χ2v) is 4.45. The van der Waals surface area contributed by atoms with Crippen LogP contribution in [0.3, 0.4) is 0 Å². The van der Waals surface area contributed by atoms with Crippen molar-refractivity contribution in [3.05, 3.63) is 41.7 Å². The summed E-state index contributed by atoms with van der Waals surface area (Å²) in [6.45, 7) is 2.70. The Kier molecular flexibility index (Phi) is 4.30. The van der Waals surface area contributed by atoms with Gasteiger partial charge in [0.05, 0.1) is 25.6 Å². The van der Waals surface area contributed by atoms with Crippen molar-refractivity contribution in [1.29, 1.82) is 0 Å². The largest absolute Gasteiger partial charge is 0.493 e. The number of nitrogens with two attached hydrogens (primary N) is 1. The van der Waals surface area contributed by atoms with E-state index < -0.39 is 0 Å². The van der Waals surface area contributed by atoms with Crippen LogP contribution in [-0.4, -0.2) is 19.2 Å². The maximum absolute atomic E-state index is 6.01. The highest BCUT2D eigenvalue weighted by atomic mass is 16.5. The van der Waals surface area contributed by atoms with Crippen LogP contribution in [0, 0.1) is 6.92 Å². The number of pyridine rings is 1. The van der Waals surface area contributed by atoms with Crippen molar-refractivity contribution in [2.45, 2.75) is 13.5 Å². The zero-order valence-corrected chi connectivity index (χ0v) is 11.9. The molecule has 0 unspecified atom stereocenters. The summed E-state index contributed by atoms with van der Waals surface area (Å²) in [6, 6.07) is 5.57. The quantitative estimate of drug-likeness (QED) is 0.819. The fourth-order valence-electron chi connectivity index (χ4n) is 1.94. The SMILES string of the molecule is COc1cc(N)c(NCc2ccncc2C)cc1OC. The van der Waals surface area contributed by atoms with Crippen molar-refractivity contribution in [3.8, 4) is 11.5 Å². The standard InChI is InChI=1S/C15H19N3O2/c1-10-8-17-5-4-11(10)9-18-13-7-15(20-3)14(19-2)6-12(13)16/h4-8,18H,9,16H2,1-3H3. The smallest absolute Gasteiger partial charge is 0.162 e. The second kappa shape index (κ2) is 6.14. The van der Waals surface area contributed by atoms with Crippen LogP contribution in [0.2, 0.25) is 0 Å². The van der Waals surface area contributed by atoms with Gasteiger partial charge in [-0.25, -0.2) is 0 Å². The molecular weight excluding hydrogens is 254 g/mol. The van der Waals surface area contributed by atoms with Gasteiger partial charge in [-0.15, -0.1) is 0 Å². The number of aromatic nitrogens is 1. The molecule has 0 spiro atoms. The third-order valence-electron chi connectivity index (χ3n) is 3.16. The number of hydrogen-bond acceptors (Lipinski definition) is 5. The Hall–Kier alpha value is -2.43. The summed E-state index contributed by atoms with van der Waals surface area (Å²) in [6.07, 6.45) is 3.62. The second-order valence-electron chi connectivity index (χ2n) is 4.45. The van der Waals surface area contributed by atoms with Crippen LogP contribution in [-0.2, 0) is 6.54 Å². The molecule has 5 heteroatoms. The highest BCUT2D eigenvalue weighted by Gasteiger charge is 2.09. The average molecular weight is 273 g/mol. The molecule has 1 heterocycles. The molecule has 2 aromatic rings. The molecule has 5 nitrogen and oxygen atoms in total. The van der Waals surface area contributed by atoms with Gasteiger partial charge in [-0.2, -0.15) is 0 Å². The first-order chi connectivity index (χ1) is 9.65. The van der Waals surface area contributed by atoms with Crippen LogP contribution in [0.15, 0.2) is 30.6 Å². The summed E-state index contributed by atoms with van der Waals surface area (Å²) in [7, 11) is 3.19. The number of aryl methyl sites for hydroxylation is 1. The molecule has 106 valence electrons. The van der Waals surface area contributed by atoms with Crippen molar-refractivity contribution in [2.75, 3.05) is 25.3 Å². The molecule has 3 N–H and O–H groups in total. The summed E-state index contributed by atoms with van der Waals surface area (Å²) < 4.78 is 10.5. The molecule has 0 saturated heterocycles. The first-order valence-electron chi connectivity index (χ1n) is 6.30. The predicted octanol–water partition coefficient (Wildman–Crippen LogP) is 2.60. The molecule has 2 rings (SSSR count). The van der Waals surface area contributed by atoms with E-state index in [-0.39, 0.29) is 0 Å². The van der Waals surface area contributed by atoms with Crippen LogP contribution < -0.4 is 20.5 Å². The lowest BCUT2D eigenvalue weighted by molar-refractivity contribution is 0.355. The lowest BCUT2D eigenvalue weighted by Crippen LogP contribution is -2.05. The Bertz CT molecular complexity index is 600. The number of benzene rings is 1. The van der Waals surface area contributed by atoms with Gasteiger partial charge < -0.3 is 20.5 Å². The number of nitrogens with zero attached hydrogens (tertiary/aromatic N) is 1. The van der Waals surface area contributed by atoms with Crippen molar-refractivity contribution in [2.24, 2.45) is 0 Å². The highest BCUT2D eigenvalue weighted by Crippen LogP contribution is 2.35. The molecule has 0 atom stereocenters. The number of methoxy groups -OCH3 is 2. The zero-order chi connectivity index (χ0) is 14.5. The van der Waals surface area contributed by atoms with E-state index in [1.807, 2.05) is 25.3 Å². The van der Waals surface area contributed by atoms with Crippen LogP contribution in [0.25, 0.3) is 0 Å². The van der Waals surface area contributed by atoms with Crippen molar-refractivity contribution in [1.82, 2.24) is 4.98 Å². The maximum Gasteiger partial charge on any atom is 0.162 e. The number of nitrogen functional groups attached to an aromatic ring is 1. The number of anilines is 2. The fourth-order valence-corrected chi connectivity index (χ4v) is 1.94. The predicted molar refractivity (Wildman–Crippen MR) is 80.3 cm³/mol. The molecular formula is C15H19N3O2. The minimum absolute atomic E-state index is 0.620. The number of rotatable bonds is 5. The Morgan fingerprint density at radius 1 is 1.20 bits per heavy atom. The first-order valence-corrected chi connectivity index (χ1v) is 6.30.